The Morgan fingerprint density at radius 1 is 0.895 bits per heavy atom. The molecule has 0 aliphatic carbocycles. The van der Waals surface area contributed by atoms with Gasteiger partial charge in [-0.2, -0.15) is 5.11 Å². The highest BCUT2D eigenvalue weighted by atomic mass is 79.9. The minimum atomic E-state index is 0.670. The number of azo groups is 1. The molecule has 0 aliphatic heterocycles. The Labute approximate surface area is 121 Å². The second kappa shape index (κ2) is 7.69. The molecule has 4 heteroatoms. The molecule has 0 unspecified atom stereocenters. The summed E-state index contributed by atoms with van der Waals surface area (Å²) in [6, 6.07) is 17.3. The number of ether oxygens (including phenoxy) is 1. The van der Waals surface area contributed by atoms with Crippen LogP contribution in [-0.4, -0.2) is 11.9 Å². The van der Waals surface area contributed by atoms with Gasteiger partial charge in [0.1, 0.15) is 11.4 Å². The largest absolute Gasteiger partial charge is 0.491 e. The fourth-order valence-electron chi connectivity index (χ4n) is 1.50. The molecule has 0 aliphatic rings. The highest BCUT2D eigenvalue weighted by Crippen LogP contribution is 2.28. The van der Waals surface area contributed by atoms with Crippen molar-refractivity contribution in [1.29, 1.82) is 0 Å². The van der Waals surface area contributed by atoms with Crippen LogP contribution in [0.1, 0.15) is 6.42 Å². The lowest BCUT2D eigenvalue weighted by molar-refractivity contribution is 0.320. The van der Waals surface area contributed by atoms with Crippen molar-refractivity contribution in [2.45, 2.75) is 6.42 Å². The van der Waals surface area contributed by atoms with E-state index in [1.54, 1.807) is 0 Å². The van der Waals surface area contributed by atoms with Crippen molar-refractivity contribution in [3.05, 3.63) is 54.6 Å². The quantitative estimate of drug-likeness (QED) is 0.406. The summed E-state index contributed by atoms with van der Waals surface area (Å²) in [6.45, 7) is 0.670. The lowest BCUT2D eigenvalue weighted by Gasteiger charge is -2.06. The molecule has 98 valence electrons. The molecule has 0 fully saturated rings. The van der Waals surface area contributed by atoms with E-state index < -0.39 is 0 Å². The van der Waals surface area contributed by atoms with Crippen molar-refractivity contribution in [1.82, 2.24) is 0 Å². The van der Waals surface area contributed by atoms with Crippen LogP contribution in [0.2, 0.25) is 0 Å². The van der Waals surface area contributed by atoms with Gasteiger partial charge in [0.25, 0.3) is 0 Å². The van der Waals surface area contributed by atoms with Crippen molar-refractivity contribution in [3.63, 3.8) is 0 Å². The van der Waals surface area contributed by atoms with Crippen LogP contribution < -0.4 is 4.74 Å². The van der Waals surface area contributed by atoms with E-state index in [0.29, 0.717) is 6.61 Å². The maximum absolute atomic E-state index is 5.68. The number of hydrogen-bond donors (Lipinski definition) is 0. The minimum absolute atomic E-state index is 0.670. The first-order valence-electron chi connectivity index (χ1n) is 6.15. The zero-order chi connectivity index (χ0) is 13.3. The van der Waals surface area contributed by atoms with Gasteiger partial charge in [0.2, 0.25) is 0 Å². The molecule has 0 aromatic heterocycles. The summed E-state index contributed by atoms with van der Waals surface area (Å²) in [6.07, 6.45) is 0.962. The van der Waals surface area contributed by atoms with Crippen molar-refractivity contribution < 1.29 is 4.74 Å². The highest BCUT2D eigenvalue weighted by molar-refractivity contribution is 9.09. The molecule has 0 N–H and O–H groups in total. The van der Waals surface area contributed by atoms with Gasteiger partial charge in [-0.3, -0.25) is 0 Å². The van der Waals surface area contributed by atoms with Crippen LogP contribution in [0.25, 0.3) is 0 Å². The Kier molecular flexibility index (Phi) is 5.56. The van der Waals surface area contributed by atoms with Crippen LogP contribution in [0.3, 0.4) is 0 Å². The predicted molar refractivity (Wildman–Crippen MR) is 81.0 cm³/mol. The molecule has 3 nitrogen and oxygen atoms in total. The zero-order valence-electron chi connectivity index (χ0n) is 10.5. The van der Waals surface area contributed by atoms with Crippen molar-refractivity contribution in [2.24, 2.45) is 10.2 Å². The van der Waals surface area contributed by atoms with Gasteiger partial charge >= 0.3 is 0 Å². The SMILES string of the molecule is BrCCCOc1ccccc1N=Nc1ccccc1. The number of hydrogen-bond acceptors (Lipinski definition) is 3. The molecule has 0 amide bonds. The number of halogens is 1. The predicted octanol–water partition coefficient (Wildman–Crippen LogP) is 5.27. The Hall–Kier alpha value is -1.68. The molecule has 19 heavy (non-hydrogen) atoms. The van der Waals surface area contributed by atoms with Gasteiger partial charge < -0.3 is 4.74 Å². The summed E-state index contributed by atoms with van der Waals surface area (Å²) in [5.74, 6) is 0.767. The van der Waals surface area contributed by atoms with Crippen LogP contribution in [0.5, 0.6) is 5.75 Å². The molecular formula is C15H15BrN2O. The standard InChI is InChI=1S/C15H15BrN2O/c16-11-6-12-19-15-10-5-4-9-14(15)18-17-13-7-2-1-3-8-13/h1-5,7-10H,6,11-12H2. The lowest BCUT2D eigenvalue weighted by Crippen LogP contribution is -1.97. The fourth-order valence-corrected chi connectivity index (χ4v) is 1.73. The minimum Gasteiger partial charge on any atom is -0.491 e. The van der Waals surface area contributed by atoms with Gasteiger partial charge in [-0.15, -0.1) is 5.11 Å². The van der Waals surface area contributed by atoms with Crippen molar-refractivity contribution >= 4 is 27.3 Å². The summed E-state index contributed by atoms with van der Waals surface area (Å²) in [4.78, 5) is 0. The molecule has 0 radical (unpaired) electrons. The smallest absolute Gasteiger partial charge is 0.146 e. The molecule has 2 rings (SSSR count). The topological polar surface area (TPSA) is 34.0 Å². The number of nitrogens with zero attached hydrogens (tertiary/aromatic N) is 2. The third-order valence-corrected chi connectivity index (χ3v) is 2.99. The second-order valence-corrected chi connectivity index (χ2v) is 4.69. The van der Waals surface area contributed by atoms with Gasteiger partial charge in [-0.1, -0.05) is 46.3 Å². The highest BCUT2D eigenvalue weighted by Gasteiger charge is 2.01. The van der Waals surface area contributed by atoms with Crippen LogP contribution in [0.4, 0.5) is 11.4 Å². The van der Waals surface area contributed by atoms with Crippen molar-refractivity contribution in [3.8, 4) is 5.75 Å². The lowest BCUT2D eigenvalue weighted by atomic mass is 10.3. The number of para-hydroxylation sites is 1. The molecule has 0 saturated heterocycles. The summed E-state index contributed by atoms with van der Waals surface area (Å²) in [5.41, 5.74) is 1.58. The molecular weight excluding hydrogens is 304 g/mol. The zero-order valence-corrected chi connectivity index (χ0v) is 12.1. The van der Waals surface area contributed by atoms with E-state index in [-0.39, 0.29) is 0 Å². The summed E-state index contributed by atoms with van der Waals surface area (Å²) < 4.78 is 5.68. The Morgan fingerprint density at radius 2 is 1.63 bits per heavy atom. The van der Waals surface area contributed by atoms with Gasteiger partial charge in [0, 0.05) is 5.33 Å². The first-order chi connectivity index (χ1) is 9.40. The van der Waals surface area contributed by atoms with E-state index in [9.17, 15) is 0 Å². The van der Waals surface area contributed by atoms with Crippen LogP contribution in [0.15, 0.2) is 64.8 Å². The van der Waals surface area contributed by atoms with E-state index in [1.807, 2.05) is 54.6 Å². The Bertz CT molecular complexity index is 529. The number of benzene rings is 2. The average Bonchev–Trinajstić information content (AvgIpc) is 2.48. The van der Waals surface area contributed by atoms with Crippen molar-refractivity contribution in [2.75, 3.05) is 11.9 Å². The summed E-state index contributed by atoms with van der Waals surface area (Å²) >= 11 is 3.38. The van der Waals surface area contributed by atoms with Gasteiger partial charge in [0.15, 0.2) is 0 Å². The summed E-state index contributed by atoms with van der Waals surface area (Å²) in [5, 5.41) is 9.38. The molecule has 0 saturated carbocycles. The molecule has 0 bridgehead atoms. The second-order valence-electron chi connectivity index (χ2n) is 3.89. The Balaban J connectivity index is 2.09. The van der Waals surface area contributed by atoms with E-state index in [0.717, 1.165) is 28.9 Å². The molecule has 0 atom stereocenters. The third kappa shape index (κ3) is 4.48. The average molecular weight is 319 g/mol. The van der Waals surface area contributed by atoms with Crippen LogP contribution in [0, 0.1) is 0 Å². The fraction of sp³-hybridized carbons (Fsp3) is 0.200. The van der Waals surface area contributed by atoms with E-state index in [2.05, 4.69) is 26.2 Å². The normalized spacial score (nSPS) is 10.8. The maximum Gasteiger partial charge on any atom is 0.146 e. The maximum atomic E-state index is 5.68. The van der Waals surface area contributed by atoms with E-state index in [4.69, 9.17) is 4.74 Å². The van der Waals surface area contributed by atoms with Crippen LogP contribution >= 0.6 is 15.9 Å². The number of alkyl halides is 1. The number of rotatable bonds is 6. The van der Waals surface area contributed by atoms with Gasteiger partial charge in [-0.25, -0.2) is 0 Å². The molecule has 0 heterocycles. The van der Waals surface area contributed by atoms with Crippen LogP contribution in [-0.2, 0) is 0 Å². The molecule has 2 aromatic carbocycles. The summed E-state index contributed by atoms with van der Waals surface area (Å²) in [7, 11) is 0. The van der Waals surface area contributed by atoms with E-state index in [1.165, 1.54) is 0 Å². The van der Waals surface area contributed by atoms with Gasteiger partial charge in [0.05, 0.1) is 12.3 Å². The monoisotopic (exact) mass is 318 g/mol. The first-order valence-corrected chi connectivity index (χ1v) is 7.27. The third-order valence-electron chi connectivity index (χ3n) is 2.43. The van der Waals surface area contributed by atoms with Gasteiger partial charge in [-0.05, 0) is 30.7 Å². The molecule has 0 spiro atoms. The molecule has 2 aromatic rings. The first kappa shape index (κ1) is 13.7. The van der Waals surface area contributed by atoms with E-state index >= 15 is 0 Å². The Morgan fingerprint density at radius 3 is 2.42 bits per heavy atom.